The van der Waals surface area contributed by atoms with Crippen molar-refractivity contribution < 1.29 is 5.11 Å². The van der Waals surface area contributed by atoms with Crippen molar-refractivity contribution >= 4 is 0 Å². The Bertz CT molecular complexity index is 450. The fourth-order valence-electron chi connectivity index (χ4n) is 1.41. The predicted molar refractivity (Wildman–Crippen MR) is 58.6 cm³/mol. The van der Waals surface area contributed by atoms with Gasteiger partial charge in [-0.25, -0.2) is 4.68 Å². The summed E-state index contributed by atoms with van der Waals surface area (Å²) in [6.07, 6.45) is 0.829. The van der Waals surface area contributed by atoms with Gasteiger partial charge < -0.3 is 10.8 Å². The molecule has 1 heterocycles. The third-order valence-corrected chi connectivity index (χ3v) is 2.23. The molecule has 0 aliphatic carbocycles. The molecule has 0 unspecified atom stereocenters. The molecule has 6 heteroatoms. The van der Waals surface area contributed by atoms with Gasteiger partial charge in [-0.1, -0.05) is 0 Å². The van der Waals surface area contributed by atoms with Crippen LogP contribution in [0, 0.1) is 0 Å². The zero-order chi connectivity index (χ0) is 11.4. The van der Waals surface area contributed by atoms with Crippen LogP contribution >= 0.6 is 0 Å². The van der Waals surface area contributed by atoms with Crippen LogP contribution < -0.4 is 5.73 Å². The molecule has 1 aromatic heterocycles. The van der Waals surface area contributed by atoms with E-state index in [0.29, 0.717) is 18.9 Å². The number of hydrogen-bond donors (Lipinski definition) is 2. The fourth-order valence-corrected chi connectivity index (χ4v) is 1.41. The van der Waals surface area contributed by atoms with E-state index in [9.17, 15) is 5.11 Å². The van der Waals surface area contributed by atoms with Crippen molar-refractivity contribution in [3.63, 3.8) is 0 Å². The van der Waals surface area contributed by atoms with E-state index in [4.69, 9.17) is 5.73 Å². The second-order valence-electron chi connectivity index (χ2n) is 3.41. The molecule has 6 nitrogen and oxygen atoms in total. The summed E-state index contributed by atoms with van der Waals surface area (Å²) >= 11 is 0. The minimum Gasteiger partial charge on any atom is -0.508 e. The summed E-state index contributed by atoms with van der Waals surface area (Å²) in [6.45, 7) is 1.30. The predicted octanol–water partition coefficient (Wildman–Crippen LogP) is 0.394. The summed E-state index contributed by atoms with van der Waals surface area (Å²) in [5.74, 6) is 0.915. The Morgan fingerprint density at radius 1 is 1.25 bits per heavy atom. The molecule has 0 radical (unpaired) electrons. The maximum atomic E-state index is 9.19. The Morgan fingerprint density at radius 3 is 2.69 bits per heavy atom. The lowest BCUT2D eigenvalue weighted by atomic mass is 10.2. The SMILES string of the molecule is NCCCn1nnnc1-c1ccc(O)cc1. The Kier molecular flexibility index (Phi) is 3.11. The van der Waals surface area contributed by atoms with Crippen molar-refractivity contribution in [1.29, 1.82) is 0 Å². The largest absolute Gasteiger partial charge is 0.508 e. The minimum absolute atomic E-state index is 0.227. The lowest BCUT2D eigenvalue weighted by Gasteiger charge is -2.03. The van der Waals surface area contributed by atoms with Crippen molar-refractivity contribution in [2.75, 3.05) is 6.54 Å². The fraction of sp³-hybridized carbons (Fsp3) is 0.300. The highest BCUT2D eigenvalue weighted by molar-refractivity contribution is 5.55. The average molecular weight is 219 g/mol. The Morgan fingerprint density at radius 2 is 2.00 bits per heavy atom. The average Bonchev–Trinajstić information content (AvgIpc) is 2.75. The highest BCUT2D eigenvalue weighted by Crippen LogP contribution is 2.18. The normalized spacial score (nSPS) is 10.6. The van der Waals surface area contributed by atoms with Crippen molar-refractivity contribution in [3.05, 3.63) is 24.3 Å². The molecule has 0 saturated carbocycles. The first-order valence-corrected chi connectivity index (χ1v) is 5.07. The topological polar surface area (TPSA) is 89.9 Å². The van der Waals surface area contributed by atoms with Gasteiger partial charge >= 0.3 is 0 Å². The van der Waals surface area contributed by atoms with Crippen LogP contribution in [0.4, 0.5) is 0 Å². The van der Waals surface area contributed by atoms with Crippen LogP contribution in [0.2, 0.25) is 0 Å². The molecule has 2 rings (SSSR count). The number of aromatic nitrogens is 4. The van der Waals surface area contributed by atoms with Gasteiger partial charge in [0.1, 0.15) is 5.75 Å². The third kappa shape index (κ3) is 2.17. The van der Waals surface area contributed by atoms with E-state index in [0.717, 1.165) is 12.0 Å². The van der Waals surface area contributed by atoms with Gasteiger partial charge in [-0.05, 0) is 47.7 Å². The van der Waals surface area contributed by atoms with Crippen molar-refractivity contribution in [2.45, 2.75) is 13.0 Å². The maximum absolute atomic E-state index is 9.19. The lowest BCUT2D eigenvalue weighted by Crippen LogP contribution is -2.08. The first kappa shape index (κ1) is 10.6. The quantitative estimate of drug-likeness (QED) is 0.776. The van der Waals surface area contributed by atoms with Crippen molar-refractivity contribution in [1.82, 2.24) is 20.2 Å². The number of hydrogen-bond acceptors (Lipinski definition) is 5. The standard InChI is InChI=1S/C10H13N5O/c11-6-1-7-15-10(12-13-14-15)8-2-4-9(16)5-3-8/h2-5,16H,1,6-7,11H2. The van der Waals surface area contributed by atoms with E-state index < -0.39 is 0 Å². The number of phenols is 1. The second kappa shape index (κ2) is 4.71. The van der Waals surface area contributed by atoms with Gasteiger partial charge in [-0.2, -0.15) is 0 Å². The maximum Gasteiger partial charge on any atom is 0.182 e. The number of nitrogens with two attached hydrogens (primary N) is 1. The number of rotatable bonds is 4. The molecule has 0 atom stereocenters. The van der Waals surface area contributed by atoms with Crippen molar-refractivity contribution in [2.24, 2.45) is 5.73 Å². The molecule has 3 N–H and O–H groups in total. The summed E-state index contributed by atoms with van der Waals surface area (Å²) in [5, 5.41) is 20.7. The van der Waals surface area contributed by atoms with Crippen LogP contribution in [0.15, 0.2) is 24.3 Å². The molecular formula is C10H13N5O. The molecule has 0 aliphatic heterocycles. The molecule has 0 spiro atoms. The molecule has 0 bridgehead atoms. The first-order chi connectivity index (χ1) is 7.81. The van der Waals surface area contributed by atoms with Gasteiger partial charge in [0.15, 0.2) is 5.82 Å². The van der Waals surface area contributed by atoms with Crippen molar-refractivity contribution in [3.8, 4) is 17.1 Å². The number of tetrazole rings is 1. The second-order valence-corrected chi connectivity index (χ2v) is 3.41. The Balaban J connectivity index is 2.26. The summed E-state index contributed by atoms with van der Waals surface area (Å²) < 4.78 is 1.71. The van der Waals surface area contributed by atoms with Crippen LogP contribution in [0.3, 0.4) is 0 Å². The van der Waals surface area contributed by atoms with Crippen LogP contribution in [-0.4, -0.2) is 31.9 Å². The number of phenolic OH excluding ortho intramolecular Hbond substituents is 1. The molecule has 0 aliphatic rings. The summed E-state index contributed by atoms with van der Waals surface area (Å²) in [6, 6.07) is 6.77. The summed E-state index contributed by atoms with van der Waals surface area (Å²) in [7, 11) is 0. The van der Waals surface area contributed by atoms with Crippen LogP contribution in [0.5, 0.6) is 5.75 Å². The molecule has 84 valence electrons. The molecule has 0 fully saturated rings. The van der Waals surface area contributed by atoms with E-state index in [1.54, 1.807) is 28.9 Å². The van der Waals surface area contributed by atoms with Gasteiger partial charge in [0.05, 0.1) is 0 Å². The molecule has 16 heavy (non-hydrogen) atoms. The molecule has 2 aromatic rings. The van der Waals surface area contributed by atoms with Gasteiger partial charge in [-0.3, -0.25) is 0 Å². The number of benzene rings is 1. The highest BCUT2D eigenvalue weighted by atomic mass is 16.3. The lowest BCUT2D eigenvalue weighted by molar-refractivity contribution is 0.475. The Labute approximate surface area is 92.7 Å². The number of aromatic hydroxyl groups is 1. The highest BCUT2D eigenvalue weighted by Gasteiger charge is 2.07. The van der Waals surface area contributed by atoms with Gasteiger partial charge in [0.2, 0.25) is 0 Å². The zero-order valence-electron chi connectivity index (χ0n) is 8.74. The van der Waals surface area contributed by atoms with E-state index in [1.165, 1.54) is 0 Å². The summed E-state index contributed by atoms with van der Waals surface area (Å²) in [4.78, 5) is 0. The Hall–Kier alpha value is -1.95. The van der Waals surface area contributed by atoms with E-state index in [1.807, 2.05) is 0 Å². The number of aryl methyl sites for hydroxylation is 1. The third-order valence-electron chi connectivity index (χ3n) is 2.23. The molecule has 0 saturated heterocycles. The monoisotopic (exact) mass is 219 g/mol. The van der Waals surface area contributed by atoms with Crippen LogP contribution in [-0.2, 0) is 6.54 Å². The molecule has 1 aromatic carbocycles. The zero-order valence-corrected chi connectivity index (χ0v) is 8.74. The van der Waals surface area contributed by atoms with Crippen LogP contribution in [0.25, 0.3) is 11.4 Å². The first-order valence-electron chi connectivity index (χ1n) is 5.07. The van der Waals surface area contributed by atoms with Crippen LogP contribution in [0.1, 0.15) is 6.42 Å². The smallest absolute Gasteiger partial charge is 0.182 e. The summed E-state index contributed by atoms with van der Waals surface area (Å²) in [5.41, 5.74) is 6.31. The molecule has 0 amide bonds. The van der Waals surface area contributed by atoms with Gasteiger partial charge in [0, 0.05) is 12.1 Å². The van der Waals surface area contributed by atoms with Gasteiger partial charge in [-0.15, -0.1) is 5.10 Å². The van der Waals surface area contributed by atoms with E-state index in [-0.39, 0.29) is 5.75 Å². The number of nitrogens with zero attached hydrogens (tertiary/aromatic N) is 4. The van der Waals surface area contributed by atoms with E-state index >= 15 is 0 Å². The minimum atomic E-state index is 0.227. The van der Waals surface area contributed by atoms with Gasteiger partial charge in [0.25, 0.3) is 0 Å². The van der Waals surface area contributed by atoms with E-state index in [2.05, 4.69) is 15.5 Å². The molecular weight excluding hydrogens is 206 g/mol.